The Morgan fingerprint density at radius 1 is 1.26 bits per heavy atom. The summed E-state index contributed by atoms with van der Waals surface area (Å²) in [5.41, 5.74) is 1.69. The van der Waals surface area contributed by atoms with Gasteiger partial charge in [0.05, 0.1) is 17.1 Å². The molecule has 2 aromatic heterocycles. The molecule has 2 heterocycles. The van der Waals surface area contributed by atoms with Gasteiger partial charge in [0.15, 0.2) is 0 Å². The zero-order valence-corrected chi connectivity index (χ0v) is 16.8. The number of amides is 1. The molecule has 0 saturated heterocycles. The number of rotatable bonds is 6. The van der Waals surface area contributed by atoms with Gasteiger partial charge in [0.2, 0.25) is 11.1 Å². The highest BCUT2D eigenvalue weighted by Gasteiger charge is 2.21. The zero-order valence-electron chi connectivity index (χ0n) is 16.0. The standard InChI is InChI=1S/C19H24N6OS/c1-5-15-20-18(23-22-15)27-12-17(26)21-16-11-14(19(2,3)4)24-25(16)13-9-7-6-8-10-13/h6-11H,5,12H2,1-4H3,(H,21,26)(H,20,22,23). The molecule has 0 bridgehead atoms. The van der Waals surface area contributed by atoms with E-state index in [-0.39, 0.29) is 17.1 Å². The molecule has 0 spiro atoms. The van der Waals surface area contributed by atoms with Crippen molar-refractivity contribution in [2.45, 2.75) is 44.7 Å². The van der Waals surface area contributed by atoms with Crippen LogP contribution in [0.4, 0.5) is 5.82 Å². The third-order valence-corrected chi connectivity index (χ3v) is 4.77. The summed E-state index contributed by atoms with van der Waals surface area (Å²) < 4.78 is 1.77. The molecular formula is C19H24N6OS. The van der Waals surface area contributed by atoms with Crippen molar-refractivity contribution in [3.8, 4) is 5.69 Å². The first-order chi connectivity index (χ1) is 12.9. The van der Waals surface area contributed by atoms with E-state index < -0.39 is 0 Å². The summed E-state index contributed by atoms with van der Waals surface area (Å²) in [5.74, 6) is 1.57. The van der Waals surface area contributed by atoms with Crippen LogP contribution in [0.5, 0.6) is 0 Å². The molecule has 27 heavy (non-hydrogen) atoms. The lowest BCUT2D eigenvalue weighted by atomic mass is 9.92. The number of carbonyl (C=O) groups excluding carboxylic acids is 1. The Morgan fingerprint density at radius 3 is 2.63 bits per heavy atom. The molecular weight excluding hydrogens is 360 g/mol. The van der Waals surface area contributed by atoms with Gasteiger partial charge in [-0.15, -0.1) is 5.10 Å². The fourth-order valence-electron chi connectivity index (χ4n) is 2.41. The Labute approximate surface area is 163 Å². The van der Waals surface area contributed by atoms with Crippen LogP contribution in [0.2, 0.25) is 0 Å². The van der Waals surface area contributed by atoms with Crippen molar-refractivity contribution in [2.75, 3.05) is 11.1 Å². The molecule has 0 aliphatic heterocycles. The number of para-hydroxylation sites is 1. The van der Waals surface area contributed by atoms with Gasteiger partial charge in [-0.05, 0) is 12.1 Å². The van der Waals surface area contributed by atoms with Gasteiger partial charge >= 0.3 is 0 Å². The number of anilines is 1. The number of carbonyl (C=O) groups is 1. The summed E-state index contributed by atoms with van der Waals surface area (Å²) in [4.78, 5) is 16.8. The molecule has 1 amide bonds. The van der Waals surface area contributed by atoms with Crippen molar-refractivity contribution in [3.63, 3.8) is 0 Å². The van der Waals surface area contributed by atoms with Gasteiger partial charge < -0.3 is 5.32 Å². The summed E-state index contributed by atoms with van der Waals surface area (Å²) in [7, 11) is 0. The predicted molar refractivity (Wildman–Crippen MR) is 107 cm³/mol. The number of benzene rings is 1. The number of thioether (sulfide) groups is 1. The predicted octanol–water partition coefficient (Wildman–Crippen LogP) is 3.58. The van der Waals surface area contributed by atoms with E-state index in [4.69, 9.17) is 5.10 Å². The van der Waals surface area contributed by atoms with Crippen molar-refractivity contribution in [1.29, 1.82) is 0 Å². The quantitative estimate of drug-likeness (QED) is 0.634. The maximum absolute atomic E-state index is 12.5. The van der Waals surface area contributed by atoms with Crippen LogP contribution in [0.15, 0.2) is 41.6 Å². The molecule has 1 aromatic carbocycles. The summed E-state index contributed by atoms with van der Waals surface area (Å²) >= 11 is 1.30. The molecule has 0 atom stereocenters. The first kappa shape index (κ1) is 19.2. The number of hydrogen-bond donors (Lipinski definition) is 2. The SMILES string of the molecule is CCc1nc(SCC(=O)Nc2cc(C(C)(C)C)nn2-c2ccccc2)n[nH]1. The van der Waals surface area contributed by atoms with E-state index in [2.05, 4.69) is 41.3 Å². The number of nitrogens with one attached hydrogen (secondary N) is 2. The lowest BCUT2D eigenvalue weighted by molar-refractivity contribution is -0.113. The number of aryl methyl sites for hydroxylation is 1. The largest absolute Gasteiger partial charge is 0.310 e. The van der Waals surface area contributed by atoms with E-state index in [1.165, 1.54) is 11.8 Å². The fourth-order valence-corrected chi connectivity index (χ4v) is 3.03. The summed E-state index contributed by atoms with van der Waals surface area (Å²) in [5, 5.41) is 15.2. The van der Waals surface area contributed by atoms with Gasteiger partial charge in [0.25, 0.3) is 0 Å². The van der Waals surface area contributed by atoms with E-state index in [1.807, 2.05) is 43.3 Å². The minimum atomic E-state index is -0.125. The van der Waals surface area contributed by atoms with Gasteiger partial charge in [0, 0.05) is 17.9 Å². The Kier molecular flexibility index (Phi) is 5.65. The molecule has 0 radical (unpaired) electrons. The third-order valence-electron chi connectivity index (χ3n) is 3.92. The van der Waals surface area contributed by atoms with Gasteiger partial charge in [-0.1, -0.05) is 57.7 Å². The van der Waals surface area contributed by atoms with Crippen LogP contribution in [0, 0.1) is 0 Å². The number of aromatic amines is 1. The first-order valence-electron chi connectivity index (χ1n) is 8.86. The topological polar surface area (TPSA) is 88.5 Å². The van der Waals surface area contributed by atoms with E-state index >= 15 is 0 Å². The highest BCUT2D eigenvalue weighted by Crippen LogP contribution is 2.26. The molecule has 2 N–H and O–H groups in total. The normalized spacial score (nSPS) is 11.6. The molecule has 0 aliphatic rings. The smallest absolute Gasteiger partial charge is 0.236 e. The van der Waals surface area contributed by atoms with Crippen molar-refractivity contribution < 1.29 is 4.79 Å². The maximum atomic E-state index is 12.5. The molecule has 142 valence electrons. The van der Waals surface area contributed by atoms with Crippen LogP contribution in [0.25, 0.3) is 5.69 Å². The average Bonchev–Trinajstić information content (AvgIpc) is 3.27. The van der Waals surface area contributed by atoms with Crippen molar-refractivity contribution >= 4 is 23.5 Å². The Hall–Kier alpha value is -2.61. The van der Waals surface area contributed by atoms with Crippen LogP contribution in [0.3, 0.4) is 0 Å². The van der Waals surface area contributed by atoms with Gasteiger partial charge in [0.1, 0.15) is 11.6 Å². The monoisotopic (exact) mass is 384 g/mol. The maximum Gasteiger partial charge on any atom is 0.236 e. The van der Waals surface area contributed by atoms with Gasteiger partial charge in [-0.25, -0.2) is 9.67 Å². The Morgan fingerprint density at radius 2 is 2.00 bits per heavy atom. The minimum absolute atomic E-state index is 0.121. The molecule has 7 nitrogen and oxygen atoms in total. The Balaban J connectivity index is 1.76. The second-order valence-corrected chi connectivity index (χ2v) is 8.11. The van der Waals surface area contributed by atoms with Gasteiger partial charge in [-0.3, -0.25) is 9.89 Å². The van der Waals surface area contributed by atoms with Crippen LogP contribution < -0.4 is 5.32 Å². The molecule has 0 fully saturated rings. The molecule has 3 rings (SSSR count). The second-order valence-electron chi connectivity index (χ2n) is 7.17. The molecule has 0 unspecified atom stereocenters. The summed E-state index contributed by atoms with van der Waals surface area (Å²) in [6, 6.07) is 11.7. The molecule has 3 aromatic rings. The average molecular weight is 385 g/mol. The molecule has 8 heteroatoms. The number of hydrogen-bond acceptors (Lipinski definition) is 5. The van der Waals surface area contributed by atoms with Gasteiger partial charge in [-0.2, -0.15) is 5.10 Å². The number of H-pyrrole nitrogens is 1. The number of nitrogens with zero attached hydrogens (tertiary/aromatic N) is 4. The second kappa shape index (κ2) is 7.96. The third kappa shape index (κ3) is 4.77. The lowest BCUT2D eigenvalue weighted by Gasteiger charge is -2.14. The molecule has 0 saturated carbocycles. The van der Waals surface area contributed by atoms with E-state index in [0.29, 0.717) is 11.0 Å². The van der Waals surface area contributed by atoms with E-state index in [0.717, 1.165) is 23.6 Å². The highest BCUT2D eigenvalue weighted by atomic mass is 32.2. The van der Waals surface area contributed by atoms with Crippen LogP contribution in [-0.4, -0.2) is 36.6 Å². The highest BCUT2D eigenvalue weighted by molar-refractivity contribution is 7.99. The van der Waals surface area contributed by atoms with Crippen LogP contribution >= 0.6 is 11.8 Å². The van der Waals surface area contributed by atoms with E-state index in [1.54, 1.807) is 4.68 Å². The number of aromatic nitrogens is 5. The van der Waals surface area contributed by atoms with E-state index in [9.17, 15) is 4.79 Å². The lowest BCUT2D eigenvalue weighted by Crippen LogP contribution is -2.17. The summed E-state index contributed by atoms with van der Waals surface area (Å²) in [6.07, 6.45) is 0.783. The zero-order chi connectivity index (χ0) is 19.4. The van der Waals surface area contributed by atoms with Crippen molar-refractivity contribution in [2.24, 2.45) is 0 Å². The Bertz CT molecular complexity index is 910. The molecule has 0 aliphatic carbocycles. The van der Waals surface area contributed by atoms with Crippen LogP contribution in [0.1, 0.15) is 39.2 Å². The first-order valence-corrected chi connectivity index (χ1v) is 9.85. The fraction of sp³-hybridized carbons (Fsp3) is 0.368. The van der Waals surface area contributed by atoms with Crippen molar-refractivity contribution in [3.05, 3.63) is 47.9 Å². The van der Waals surface area contributed by atoms with Crippen LogP contribution in [-0.2, 0) is 16.6 Å². The minimum Gasteiger partial charge on any atom is -0.310 e. The van der Waals surface area contributed by atoms with Crippen molar-refractivity contribution in [1.82, 2.24) is 25.0 Å². The summed E-state index contributed by atoms with van der Waals surface area (Å²) in [6.45, 7) is 8.29.